The van der Waals surface area contributed by atoms with Crippen LogP contribution in [-0.4, -0.2) is 30.5 Å². The lowest BCUT2D eigenvalue weighted by Gasteiger charge is -2.17. The maximum Gasteiger partial charge on any atom is 0.274 e. The van der Waals surface area contributed by atoms with Crippen LogP contribution in [-0.2, 0) is 0 Å². The van der Waals surface area contributed by atoms with E-state index in [1.165, 1.54) is 44.2 Å². The molecule has 5 nitrogen and oxygen atoms in total. The molecule has 29 heavy (non-hydrogen) atoms. The van der Waals surface area contributed by atoms with E-state index in [0.717, 1.165) is 37.4 Å². The normalized spacial score (nSPS) is 16.4. The summed E-state index contributed by atoms with van der Waals surface area (Å²) >= 11 is 0. The van der Waals surface area contributed by atoms with Gasteiger partial charge in [0.15, 0.2) is 0 Å². The van der Waals surface area contributed by atoms with Gasteiger partial charge in [0.2, 0.25) is 0 Å². The molecule has 0 atom stereocenters. The fraction of sp³-hybridized carbons (Fsp3) is 0.417. The number of nitrogens with zero attached hydrogens (tertiary/aromatic N) is 2. The third-order valence-electron chi connectivity index (χ3n) is 5.75. The van der Waals surface area contributed by atoms with Crippen LogP contribution in [0.25, 0.3) is 0 Å². The molecule has 5 heteroatoms. The lowest BCUT2D eigenvalue weighted by atomic mass is 9.97. The zero-order valence-electron chi connectivity index (χ0n) is 17.0. The fourth-order valence-electron chi connectivity index (χ4n) is 4.09. The summed E-state index contributed by atoms with van der Waals surface area (Å²) in [7, 11) is 0. The number of aromatic nitrogens is 1. The molecule has 1 aliphatic carbocycles. The van der Waals surface area contributed by atoms with Crippen LogP contribution in [0.5, 0.6) is 0 Å². The van der Waals surface area contributed by atoms with Gasteiger partial charge in [-0.25, -0.2) is 0 Å². The van der Waals surface area contributed by atoms with Crippen LogP contribution in [0.3, 0.4) is 0 Å². The molecule has 4 rings (SSSR count). The number of allylic oxidation sites excluding steroid dienone is 1. The number of amides is 1. The highest BCUT2D eigenvalue weighted by Crippen LogP contribution is 2.23. The first kappa shape index (κ1) is 19.5. The smallest absolute Gasteiger partial charge is 0.274 e. The first-order valence-corrected chi connectivity index (χ1v) is 10.8. The maximum absolute atomic E-state index is 12.6. The Bertz CT molecular complexity index is 853. The Morgan fingerprint density at radius 1 is 1.00 bits per heavy atom. The third-order valence-corrected chi connectivity index (χ3v) is 5.75. The molecule has 0 unspecified atom stereocenters. The second-order valence-electron chi connectivity index (χ2n) is 7.91. The summed E-state index contributed by atoms with van der Waals surface area (Å²) in [6, 6.07) is 11.8. The summed E-state index contributed by atoms with van der Waals surface area (Å²) < 4.78 is 0. The lowest BCUT2D eigenvalue weighted by Crippen LogP contribution is -2.18. The molecule has 1 aromatic heterocycles. The van der Waals surface area contributed by atoms with Gasteiger partial charge in [-0.2, -0.15) is 0 Å². The van der Waals surface area contributed by atoms with Crippen molar-refractivity contribution in [2.75, 3.05) is 35.2 Å². The molecule has 2 aromatic rings. The van der Waals surface area contributed by atoms with Crippen molar-refractivity contribution < 1.29 is 4.79 Å². The van der Waals surface area contributed by atoms with Crippen molar-refractivity contribution in [3.05, 3.63) is 59.9 Å². The predicted octanol–water partition coefficient (Wildman–Crippen LogP) is 5.24. The minimum Gasteiger partial charge on any atom is -0.385 e. The van der Waals surface area contributed by atoms with Crippen LogP contribution in [0.1, 0.15) is 55.4 Å². The van der Waals surface area contributed by atoms with E-state index in [0.29, 0.717) is 5.69 Å². The number of hydrogen-bond donors (Lipinski definition) is 2. The Morgan fingerprint density at radius 3 is 2.59 bits per heavy atom. The predicted molar refractivity (Wildman–Crippen MR) is 120 cm³/mol. The van der Waals surface area contributed by atoms with Gasteiger partial charge in [0.05, 0.1) is 0 Å². The van der Waals surface area contributed by atoms with E-state index >= 15 is 0 Å². The van der Waals surface area contributed by atoms with Gasteiger partial charge in [-0.1, -0.05) is 11.6 Å². The van der Waals surface area contributed by atoms with Gasteiger partial charge in [0.25, 0.3) is 5.91 Å². The SMILES string of the molecule is O=C(Nc1ccc(N2CCCC2)cc1)c1cc(NCCC2=CCCCC2)ccn1. The summed E-state index contributed by atoms with van der Waals surface area (Å²) in [5.74, 6) is -0.183. The summed E-state index contributed by atoms with van der Waals surface area (Å²) in [5, 5.41) is 6.38. The fourth-order valence-corrected chi connectivity index (χ4v) is 4.09. The highest BCUT2D eigenvalue weighted by molar-refractivity contribution is 6.03. The van der Waals surface area contributed by atoms with E-state index < -0.39 is 0 Å². The van der Waals surface area contributed by atoms with Gasteiger partial charge >= 0.3 is 0 Å². The average molecular weight is 391 g/mol. The van der Waals surface area contributed by atoms with Crippen molar-refractivity contribution in [3.63, 3.8) is 0 Å². The second kappa shape index (κ2) is 9.59. The number of pyridine rings is 1. The molecule has 1 fully saturated rings. The van der Waals surface area contributed by atoms with Gasteiger partial charge in [0, 0.05) is 42.9 Å². The van der Waals surface area contributed by atoms with Gasteiger partial charge in [-0.15, -0.1) is 0 Å². The molecule has 0 spiro atoms. The van der Waals surface area contributed by atoms with Gasteiger partial charge in [0.1, 0.15) is 5.69 Å². The molecule has 1 amide bonds. The standard InChI is InChI=1S/C24H30N4O/c29-24(27-20-8-10-22(11-9-20)28-16-4-5-17-28)23-18-21(13-15-26-23)25-14-12-19-6-2-1-3-7-19/h6,8-11,13,15,18H,1-5,7,12,14,16-17H2,(H,25,26)(H,27,29). The largest absolute Gasteiger partial charge is 0.385 e. The number of anilines is 3. The summed E-state index contributed by atoms with van der Waals surface area (Å²) in [5.41, 5.74) is 4.93. The number of rotatable bonds is 7. The number of carbonyl (C=O) groups excluding carboxylic acids is 1. The molecular weight excluding hydrogens is 360 g/mol. The molecule has 152 valence electrons. The van der Waals surface area contributed by atoms with Crippen molar-refractivity contribution in [2.24, 2.45) is 0 Å². The Morgan fingerprint density at radius 2 is 1.83 bits per heavy atom. The van der Waals surface area contributed by atoms with Crippen LogP contribution in [0.2, 0.25) is 0 Å². The van der Waals surface area contributed by atoms with E-state index in [9.17, 15) is 4.79 Å². The second-order valence-corrected chi connectivity index (χ2v) is 7.91. The minimum absolute atomic E-state index is 0.183. The van der Waals surface area contributed by atoms with E-state index in [4.69, 9.17) is 0 Å². The van der Waals surface area contributed by atoms with Crippen molar-refractivity contribution in [1.29, 1.82) is 0 Å². The Hall–Kier alpha value is -2.82. The highest BCUT2D eigenvalue weighted by Gasteiger charge is 2.13. The van der Waals surface area contributed by atoms with Crippen molar-refractivity contribution >= 4 is 23.0 Å². The van der Waals surface area contributed by atoms with Crippen LogP contribution in [0.4, 0.5) is 17.1 Å². The first-order chi connectivity index (χ1) is 14.3. The van der Waals surface area contributed by atoms with Gasteiger partial charge in [-0.3, -0.25) is 9.78 Å². The van der Waals surface area contributed by atoms with Crippen LogP contribution in [0, 0.1) is 0 Å². The summed E-state index contributed by atoms with van der Waals surface area (Å²) in [6.45, 7) is 3.12. The van der Waals surface area contributed by atoms with Crippen LogP contribution in [0.15, 0.2) is 54.2 Å². The zero-order chi connectivity index (χ0) is 19.9. The van der Waals surface area contributed by atoms with Crippen LogP contribution < -0.4 is 15.5 Å². The number of benzene rings is 1. The third kappa shape index (κ3) is 5.37. The molecule has 2 aliphatic rings. The topological polar surface area (TPSA) is 57.3 Å². The van der Waals surface area contributed by atoms with E-state index in [-0.39, 0.29) is 5.91 Å². The van der Waals surface area contributed by atoms with Gasteiger partial charge in [-0.05, 0) is 81.3 Å². The van der Waals surface area contributed by atoms with Crippen molar-refractivity contribution in [3.8, 4) is 0 Å². The molecule has 1 saturated heterocycles. The summed E-state index contributed by atoms with van der Waals surface area (Å²) in [4.78, 5) is 19.2. The van der Waals surface area contributed by atoms with Gasteiger partial charge < -0.3 is 15.5 Å². The number of carbonyl (C=O) groups is 1. The molecule has 1 aliphatic heterocycles. The Balaban J connectivity index is 1.31. The average Bonchev–Trinajstić information content (AvgIpc) is 3.30. The van der Waals surface area contributed by atoms with E-state index in [1.807, 2.05) is 24.3 Å². The molecule has 0 saturated carbocycles. The monoisotopic (exact) mass is 390 g/mol. The first-order valence-electron chi connectivity index (χ1n) is 10.8. The molecule has 0 bridgehead atoms. The molecular formula is C24H30N4O. The lowest BCUT2D eigenvalue weighted by molar-refractivity contribution is 0.102. The Labute approximate surface area is 173 Å². The Kier molecular flexibility index (Phi) is 6.45. The molecule has 0 radical (unpaired) electrons. The van der Waals surface area contributed by atoms with E-state index in [2.05, 4.69) is 38.7 Å². The summed E-state index contributed by atoms with van der Waals surface area (Å²) in [6.07, 6.45) is 12.7. The van der Waals surface area contributed by atoms with E-state index in [1.54, 1.807) is 11.8 Å². The van der Waals surface area contributed by atoms with Crippen LogP contribution >= 0.6 is 0 Å². The maximum atomic E-state index is 12.6. The molecule has 2 heterocycles. The quantitative estimate of drug-likeness (QED) is 0.635. The highest BCUT2D eigenvalue weighted by atomic mass is 16.1. The molecule has 1 aromatic carbocycles. The zero-order valence-corrected chi connectivity index (χ0v) is 17.0. The number of hydrogen-bond acceptors (Lipinski definition) is 4. The number of nitrogens with one attached hydrogen (secondary N) is 2. The van der Waals surface area contributed by atoms with Crippen molar-refractivity contribution in [2.45, 2.75) is 44.9 Å². The van der Waals surface area contributed by atoms with Crippen molar-refractivity contribution in [1.82, 2.24) is 4.98 Å². The molecule has 2 N–H and O–H groups in total. The minimum atomic E-state index is -0.183.